The highest BCUT2D eigenvalue weighted by Crippen LogP contribution is 2.56. The quantitative estimate of drug-likeness (QED) is 0.282. The van der Waals surface area contributed by atoms with E-state index >= 15 is 0 Å². The molecule has 0 amide bonds. The predicted octanol–water partition coefficient (Wildman–Crippen LogP) is 7.73. The van der Waals surface area contributed by atoms with Gasteiger partial charge < -0.3 is 9.47 Å². The van der Waals surface area contributed by atoms with Gasteiger partial charge in [0.05, 0.1) is 0 Å². The Morgan fingerprint density at radius 1 is 0.722 bits per heavy atom. The molecule has 0 atom stereocenters. The highest BCUT2D eigenvalue weighted by atomic mass is 16.6. The molecule has 0 radical (unpaired) electrons. The van der Waals surface area contributed by atoms with E-state index in [2.05, 4.69) is 31.2 Å². The van der Waals surface area contributed by atoms with E-state index in [0.29, 0.717) is 6.42 Å². The molecular weight excluding hydrogens is 448 g/mol. The van der Waals surface area contributed by atoms with Gasteiger partial charge in [-0.15, -0.1) is 0 Å². The van der Waals surface area contributed by atoms with Gasteiger partial charge in [0.25, 0.3) is 0 Å². The Hall–Kier alpha value is -2.62. The highest BCUT2D eigenvalue weighted by Gasteiger charge is 2.58. The number of benzene rings is 2. The van der Waals surface area contributed by atoms with Crippen LogP contribution in [0.1, 0.15) is 107 Å². The zero-order valence-electron chi connectivity index (χ0n) is 21.7. The summed E-state index contributed by atoms with van der Waals surface area (Å²) >= 11 is 0. The average Bonchev–Trinajstić information content (AvgIpc) is 3.25. The van der Waals surface area contributed by atoms with Crippen LogP contribution in [-0.2, 0) is 19.1 Å². The summed E-state index contributed by atoms with van der Waals surface area (Å²) in [6.07, 6.45) is 12.0. The number of rotatable bonds is 8. The Labute approximate surface area is 215 Å². The summed E-state index contributed by atoms with van der Waals surface area (Å²) in [6, 6.07) is 16.5. The van der Waals surface area contributed by atoms with Crippen molar-refractivity contribution in [3.05, 3.63) is 59.7 Å². The van der Waals surface area contributed by atoms with Crippen molar-refractivity contribution < 1.29 is 19.1 Å². The molecule has 0 aromatic heterocycles. The van der Waals surface area contributed by atoms with Gasteiger partial charge in [0.1, 0.15) is 12.2 Å². The average molecular weight is 489 g/mol. The Balaban J connectivity index is 1.61. The first-order chi connectivity index (χ1) is 17.6. The molecule has 0 bridgehead atoms. The van der Waals surface area contributed by atoms with E-state index in [4.69, 9.17) is 9.47 Å². The predicted molar refractivity (Wildman–Crippen MR) is 142 cm³/mol. The molecule has 2 fully saturated rings. The second-order valence-electron chi connectivity index (χ2n) is 11.0. The third-order valence-corrected chi connectivity index (χ3v) is 8.63. The first-order valence-corrected chi connectivity index (χ1v) is 14.3. The summed E-state index contributed by atoms with van der Waals surface area (Å²) in [5.74, 6) is -1.15. The largest absolute Gasteiger partial charge is 0.462 e. The van der Waals surface area contributed by atoms with Gasteiger partial charge >= 0.3 is 11.9 Å². The van der Waals surface area contributed by atoms with E-state index in [9.17, 15) is 9.59 Å². The van der Waals surface area contributed by atoms with Gasteiger partial charge in [0.2, 0.25) is 0 Å². The molecule has 3 aliphatic rings. The van der Waals surface area contributed by atoms with Gasteiger partial charge in [-0.3, -0.25) is 9.59 Å². The monoisotopic (exact) mass is 488 g/mol. The van der Waals surface area contributed by atoms with Crippen LogP contribution in [0.3, 0.4) is 0 Å². The molecule has 0 heterocycles. The molecule has 2 saturated carbocycles. The van der Waals surface area contributed by atoms with Crippen LogP contribution >= 0.6 is 0 Å². The smallest absolute Gasteiger partial charge is 0.324 e. The molecule has 2 aromatic rings. The minimum atomic E-state index is -1.38. The van der Waals surface area contributed by atoms with Gasteiger partial charge in [-0.05, 0) is 80.0 Å². The van der Waals surface area contributed by atoms with Crippen molar-refractivity contribution in [2.24, 2.45) is 5.41 Å². The lowest BCUT2D eigenvalue weighted by atomic mass is 9.67. The van der Waals surface area contributed by atoms with Gasteiger partial charge in [0.15, 0.2) is 5.41 Å². The number of hydrogen-bond donors (Lipinski definition) is 0. The molecule has 36 heavy (non-hydrogen) atoms. The van der Waals surface area contributed by atoms with Crippen molar-refractivity contribution in [2.75, 3.05) is 0 Å². The molecule has 3 aliphatic carbocycles. The van der Waals surface area contributed by atoms with Crippen LogP contribution < -0.4 is 0 Å². The Kier molecular flexibility index (Phi) is 7.79. The zero-order valence-corrected chi connectivity index (χ0v) is 21.7. The third-order valence-electron chi connectivity index (χ3n) is 8.63. The molecule has 4 heteroatoms. The van der Waals surface area contributed by atoms with Gasteiger partial charge in [0, 0.05) is 5.92 Å². The zero-order chi connectivity index (χ0) is 25.0. The van der Waals surface area contributed by atoms with Crippen molar-refractivity contribution in [3.8, 4) is 11.1 Å². The van der Waals surface area contributed by atoms with Crippen molar-refractivity contribution in [2.45, 2.75) is 109 Å². The van der Waals surface area contributed by atoms with E-state index < -0.39 is 11.3 Å². The van der Waals surface area contributed by atoms with Crippen LogP contribution in [0.2, 0.25) is 0 Å². The summed E-state index contributed by atoms with van der Waals surface area (Å²) < 4.78 is 12.5. The molecule has 192 valence electrons. The first kappa shape index (κ1) is 25.0. The number of fused-ring (bicyclic) bond motifs is 3. The summed E-state index contributed by atoms with van der Waals surface area (Å²) in [5, 5.41) is 0. The number of unbranched alkanes of at least 4 members (excludes halogenated alkanes) is 1. The van der Waals surface area contributed by atoms with Crippen LogP contribution in [0.5, 0.6) is 0 Å². The third kappa shape index (κ3) is 4.71. The minimum absolute atomic E-state index is 0.110. The molecule has 0 saturated heterocycles. The van der Waals surface area contributed by atoms with Crippen LogP contribution in [0, 0.1) is 5.41 Å². The first-order valence-electron chi connectivity index (χ1n) is 14.3. The lowest BCUT2D eigenvalue weighted by molar-refractivity contribution is -0.182. The maximum atomic E-state index is 14.4. The maximum absolute atomic E-state index is 14.4. The van der Waals surface area contributed by atoms with Crippen LogP contribution in [0.25, 0.3) is 11.1 Å². The van der Waals surface area contributed by atoms with Crippen molar-refractivity contribution >= 4 is 11.9 Å². The number of esters is 2. The molecule has 0 N–H and O–H groups in total. The fraction of sp³-hybridized carbons (Fsp3) is 0.562. The van der Waals surface area contributed by atoms with E-state index in [-0.39, 0.29) is 24.1 Å². The number of carbonyl (C=O) groups is 2. The Bertz CT molecular complexity index is 984. The topological polar surface area (TPSA) is 52.6 Å². The number of ether oxygens (including phenoxy) is 2. The van der Waals surface area contributed by atoms with E-state index in [1.54, 1.807) is 0 Å². The minimum Gasteiger partial charge on any atom is -0.462 e. The van der Waals surface area contributed by atoms with Crippen molar-refractivity contribution in [3.63, 3.8) is 0 Å². The van der Waals surface area contributed by atoms with Crippen LogP contribution in [-0.4, -0.2) is 24.1 Å². The molecule has 4 nitrogen and oxygen atoms in total. The molecule has 0 spiro atoms. The van der Waals surface area contributed by atoms with Crippen LogP contribution in [0.15, 0.2) is 48.5 Å². The molecule has 0 unspecified atom stereocenters. The van der Waals surface area contributed by atoms with Gasteiger partial charge in [-0.25, -0.2) is 0 Å². The number of carbonyl (C=O) groups excluding carboxylic acids is 2. The molecular formula is C32H40O4. The number of hydrogen-bond acceptors (Lipinski definition) is 4. The lowest BCUT2D eigenvalue weighted by Crippen LogP contribution is -2.49. The maximum Gasteiger partial charge on any atom is 0.324 e. The van der Waals surface area contributed by atoms with Crippen LogP contribution in [0.4, 0.5) is 0 Å². The summed E-state index contributed by atoms with van der Waals surface area (Å²) in [6.45, 7) is 2.11. The van der Waals surface area contributed by atoms with Gasteiger partial charge in [-0.1, -0.05) is 81.1 Å². The van der Waals surface area contributed by atoms with Gasteiger partial charge in [-0.2, -0.15) is 0 Å². The summed E-state index contributed by atoms with van der Waals surface area (Å²) in [5.41, 5.74) is 2.91. The van der Waals surface area contributed by atoms with E-state index in [1.165, 1.54) is 12.8 Å². The fourth-order valence-corrected chi connectivity index (χ4v) is 6.69. The van der Waals surface area contributed by atoms with E-state index in [1.807, 2.05) is 24.3 Å². The van der Waals surface area contributed by atoms with Crippen molar-refractivity contribution in [1.29, 1.82) is 0 Å². The second kappa shape index (κ2) is 11.2. The lowest BCUT2D eigenvalue weighted by Gasteiger charge is -2.38. The Morgan fingerprint density at radius 3 is 1.61 bits per heavy atom. The molecule has 2 aromatic carbocycles. The van der Waals surface area contributed by atoms with E-state index in [0.717, 1.165) is 86.5 Å². The summed E-state index contributed by atoms with van der Waals surface area (Å²) in [7, 11) is 0. The highest BCUT2D eigenvalue weighted by molar-refractivity contribution is 6.03. The molecule has 0 aliphatic heterocycles. The van der Waals surface area contributed by atoms with Crippen molar-refractivity contribution in [1.82, 2.24) is 0 Å². The normalized spacial score (nSPS) is 18.9. The second-order valence-corrected chi connectivity index (χ2v) is 11.0. The summed E-state index contributed by atoms with van der Waals surface area (Å²) in [4.78, 5) is 28.8. The molecule has 5 rings (SSSR count). The SMILES string of the molecule is CCCCC(C(=O)OC1CCCCC1)(C(=O)OC1CCCCC1)C1c2ccccc2-c2ccccc21. The fourth-order valence-electron chi connectivity index (χ4n) is 6.69. The standard InChI is InChI=1S/C32H40O4/c1-2-3-22-32(30(33)35-23-14-6-4-7-15-23,31(34)36-24-16-8-5-9-17-24)29-27-20-12-10-18-25(27)26-19-11-13-21-28(26)29/h10-13,18-21,23-24,29H,2-9,14-17,22H2,1H3. The Morgan fingerprint density at radius 2 is 1.17 bits per heavy atom.